The summed E-state index contributed by atoms with van der Waals surface area (Å²) in [5.74, 6) is -0.288. The van der Waals surface area contributed by atoms with E-state index in [0.717, 1.165) is 103 Å². The van der Waals surface area contributed by atoms with Crippen LogP contribution in [0.5, 0.6) is 11.5 Å². The molecule has 0 saturated carbocycles. The quantitative estimate of drug-likeness (QED) is 0.0395. The van der Waals surface area contributed by atoms with Gasteiger partial charge in [0.15, 0.2) is 6.29 Å². The number of carbonyl (C=O) groups is 1. The van der Waals surface area contributed by atoms with Gasteiger partial charge in [-0.25, -0.2) is 0 Å². The van der Waals surface area contributed by atoms with Crippen molar-refractivity contribution < 1.29 is 20.1 Å². The monoisotopic (exact) mass is 863 g/mol. The second kappa shape index (κ2) is 33.4. The van der Waals surface area contributed by atoms with Gasteiger partial charge < -0.3 is 15.3 Å². The summed E-state index contributed by atoms with van der Waals surface area (Å²) in [5.41, 5.74) is 15.5. The second-order valence-corrected chi connectivity index (χ2v) is 18.8. The summed E-state index contributed by atoms with van der Waals surface area (Å²) >= 11 is 0. The van der Waals surface area contributed by atoms with E-state index in [2.05, 4.69) is 131 Å². The van der Waals surface area contributed by atoms with Crippen LogP contribution < -0.4 is 0 Å². The number of allylic oxidation sites excluding steroid dienone is 20. The Kier molecular flexibility index (Phi) is 30.1. The zero-order valence-corrected chi connectivity index (χ0v) is 42.2. The molecule has 0 aliphatic heterocycles. The molecule has 0 unspecified atom stereocenters. The number of benzene rings is 1. The van der Waals surface area contributed by atoms with Crippen LogP contribution in [0.25, 0.3) is 0 Å². The Labute approximate surface area is 386 Å². The first-order chi connectivity index (χ1) is 30.0. The predicted molar refractivity (Wildman–Crippen MR) is 276 cm³/mol. The van der Waals surface area contributed by atoms with E-state index in [9.17, 15) is 20.1 Å². The molecule has 0 aromatic heterocycles. The Bertz CT molecular complexity index is 1870. The Morgan fingerprint density at radius 1 is 0.381 bits per heavy atom. The molecule has 3 N–H and O–H groups in total. The third-order valence-electron chi connectivity index (χ3n) is 12.2. The number of hydrogen-bond acceptors (Lipinski definition) is 4. The van der Waals surface area contributed by atoms with Gasteiger partial charge in [-0.2, -0.15) is 0 Å². The van der Waals surface area contributed by atoms with Crippen molar-refractivity contribution in [3.63, 3.8) is 0 Å². The van der Waals surface area contributed by atoms with Gasteiger partial charge >= 0.3 is 0 Å². The van der Waals surface area contributed by atoms with Crippen molar-refractivity contribution in [2.24, 2.45) is 0 Å². The zero-order chi connectivity index (χ0) is 47.2. The first kappa shape index (κ1) is 56.9. The molecule has 0 amide bonds. The molecule has 350 valence electrons. The first-order valence-corrected chi connectivity index (χ1v) is 24.1. The van der Waals surface area contributed by atoms with Gasteiger partial charge in [0, 0.05) is 11.1 Å². The van der Waals surface area contributed by atoms with E-state index < -0.39 is 6.61 Å². The van der Waals surface area contributed by atoms with Crippen LogP contribution in [0.4, 0.5) is 0 Å². The Morgan fingerprint density at radius 3 is 0.873 bits per heavy atom. The molecule has 63 heavy (non-hydrogen) atoms. The van der Waals surface area contributed by atoms with E-state index in [1.54, 1.807) is 6.92 Å². The Morgan fingerprint density at radius 2 is 0.635 bits per heavy atom. The number of hydrogen-bond donors (Lipinski definition) is 3. The number of carbonyl (C=O) groups excluding carboxylic acids is 1. The van der Waals surface area contributed by atoms with Crippen LogP contribution >= 0.6 is 0 Å². The highest BCUT2D eigenvalue weighted by molar-refractivity contribution is 5.85. The highest BCUT2D eigenvalue weighted by Gasteiger charge is 2.20. The lowest BCUT2D eigenvalue weighted by molar-refractivity contribution is 0.111. The van der Waals surface area contributed by atoms with E-state index in [4.69, 9.17) is 0 Å². The normalized spacial score (nSPS) is 14.2. The lowest BCUT2D eigenvalue weighted by Gasteiger charge is -2.15. The molecule has 4 heteroatoms. The highest BCUT2D eigenvalue weighted by atomic mass is 16.3. The number of aliphatic hydroxyl groups is 1. The van der Waals surface area contributed by atoms with Crippen LogP contribution in [-0.4, -0.2) is 21.6 Å². The summed E-state index contributed by atoms with van der Waals surface area (Å²) in [5, 5.41) is 30.6. The lowest BCUT2D eigenvalue weighted by atomic mass is 9.94. The number of aliphatic hydroxyl groups excluding tert-OH is 1. The van der Waals surface area contributed by atoms with Crippen molar-refractivity contribution in [3.8, 4) is 11.5 Å². The summed E-state index contributed by atoms with van der Waals surface area (Å²) in [7, 11) is 0. The third-order valence-corrected chi connectivity index (χ3v) is 12.2. The number of rotatable bonds is 31. The average molecular weight is 863 g/mol. The van der Waals surface area contributed by atoms with Gasteiger partial charge in [-0.15, -0.1) is 0 Å². The molecule has 0 radical (unpaired) electrons. The van der Waals surface area contributed by atoms with Crippen molar-refractivity contribution in [1.29, 1.82) is 0 Å². The summed E-state index contributed by atoms with van der Waals surface area (Å²) < 4.78 is 0. The molecule has 0 aliphatic rings. The third kappa shape index (κ3) is 26.3. The zero-order valence-electron chi connectivity index (χ0n) is 42.2. The maximum Gasteiger partial charge on any atom is 0.154 e. The van der Waals surface area contributed by atoms with Gasteiger partial charge in [-0.1, -0.05) is 116 Å². The van der Waals surface area contributed by atoms with Gasteiger partial charge in [-0.3, -0.25) is 4.79 Å². The minimum absolute atomic E-state index is 0.0414. The highest BCUT2D eigenvalue weighted by Crippen LogP contribution is 2.37. The molecule has 0 fully saturated rings. The minimum Gasteiger partial charge on any atom is -0.507 e. The molecule has 0 aliphatic carbocycles. The molecular weight excluding hydrogens is 773 g/mol. The largest absolute Gasteiger partial charge is 0.507 e. The first-order valence-electron chi connectivity index (χ1n) is 24.1. The number of phenolic OH excluding ortho intramolecular Hbond substituents is 1. The van der Waals surface area contributed by atoms with E-state index in [-0.39, 0.29) is 22.6 Å². The van der Waals surface area contributed by atoms with Gasteiger partial charge in [0.05, 0.1) is 12.2 Å². The van der Waals surface area contributed by atoms with Crippen LogP contribution in [-0.2, 0) is 13.0 Å². The predicted octanol–water partition coefficient (Wildman–Crippen LogP) is 17.8. The SMILES string of the molecule is CC(C)=CCCC(C)=CCCC(C)=CCCC(C)=CCCC(C)=CCCC(C)=CCCC(C)=CCCC(C)=CCCC(C)=CCCC(C)=CCc1c(C)c(O)c(CO)c(C=O)c1O. The summed E-state index contributed by atoms with van der Waals surface area (Å²) in [6.45, 7) is 25.8. The van der Waals surface area contributed by atoms with Crippen LogP contribution in [0.1, 0.15) is 219 Å². The van der Waals surface area contributed by atoms with Crippen molar-refractivity contribution in [2.75, 3.05) is 0 Å². The molecule has 1 aromatic rings. The van der Waals surface area contributed by atoms with Gasteiger partial charge in [-0.05, 0) is 211 Å². The molecule has 1 aromatic carbocycles. The van der Waals surface area contributed by atoms with E-state index in [1.165, 1.54) is 68.6 Å². The number of aldehydes is 1. The van der Waals surface area contributed by atoms with E-state index in [0.29, 0.717) is 23.8 Å². The van der Waals surface area contributed by atoms with Gasteiger partial charge in [0.1, 0.15) is 11.5 Å². The van der Waals surface area contributed by atoms with Gasteiger partial charge in [0.2, 0.25) is 0 Å². The number of phenols is 2. The molecule has 0 saturated heterocycles. The fraction of sp³-hybridized carbons (Fsp3) is 0.542. The molecule has 0 atom stereocenters. The fourth-order valence-corrected chi connectivity index (χ4v) is 7.67. The Balaban J connectivity index is 2.32. The van der Waals surface area contributed by atoms with Gasteiger partial charge in [0.25, 0.3) is 0 Å². The maximum atomic E-state index is 11.5. The average Bonchev–Trinajstić information content (AvgIpc) is 3.21. The molecule has 0 spiro atoms. The van der Waals surface area contributed by atoms with Crippen LogP contribution in [0.3, 0.4) is 0 Å². The van der Waals surface area contributed by atoms with Crippen LogP contribution in [0.2, 0.25) is 0 Å². The maximum absolute atomic E-state index is 11.5. The molecule has 4 nitrogen and oxygen atoms in total. The van der Waals surface area contributed by atoms with Crippen LogP contribution in [0, 0.1) is 6.92 Å². The topological polar surface area (TPSA) is 77.8 Å². The standard InChI is InChI=1S/C59H90O4/c1-44(2)22-13-23-45(3)24-14-25-46(4)26-15-27-47(5)28-16-29-48(6)30-17-31-49(7)32-18-33-50(8)34-19-35-51(9)36-20-37-52(10)38-21-39-53(11)40-41-55-54(12)58(62)56(42-60)57(43-61)59(55)63/h22,24,26,28,30,32,34,36,38,40,43,60,62-63H,13-21,23,25,27,29,31,33,35,37,39,41-42H2,1-12H3. The second-order valence-electron chi connectivity index (χ2n) is 18.8. The minimum atomic E-state index is -0.506. The summed E-state index contributed by atoms with van der Waals surface area (Å²) in [4.78, 5) is 11.5. The Hall–Kier alpha value is -4.15. The molecule has 1 rings (SSSR count). The van der Waals surface area contributed by atoms with Crippen LogP contribution in [0.15, 0.2) is 116 Å². The van der Waals surface area contributed by atoms with Crippen molar-refractivity contribution in [3.05, 3.63) is 139 Å². The van der Waals surface area contributed by atoms with Crippen molar-refractivity contribution in [1.82, 2.24) is 0 Å². The number of aromatic hydroxyl groups is 2. The summed E-state index contributed by atoms with van der Waals surface area (Å²) in [6.07, 6.45) is 44.6. The van der Waals surface area contributed by atoms with E-state index >= 15 is 0 Å². The lowest BCUT2D eigenvalue weighted by Crippen LogP contribution is -2.01. The van der Waals surface area contributed by atoms with Crippen molar-refractivity contribution >= 4 is 6.29 Å². The summed E-state index contributed by atoms with van der Waals surface area (Å²) in [6, 6.07) is 0. The van der Waals surface area contributed by atoms with E-state index in [1.807, 2.05) is 6.08 Å². The van der Waals surface area contributed by atoms with Crippen molar-refractivity contribution in [2.45, 2.75) is 212 Å². The molecular formula is C59H90O4. The molecule has 0 bridgehead atoms. The fourth-order valence-electron chi connectivity index (χ4n) is 7.67. The smallest absolute Gasteiger partial charge is 0.154 e. The molecule has 0 heterocycles.